The van der Waals surface area contributed by atoms with Crippen LogP contribution in [0.4, 0.5) is 20.4 Å². The number of carbonyl (C=O) groups is 1. The lowest BCUT2D eigenvalue weighted by molar-refractivity contribution is -0.148. The zero-order valence-electron chi connectivity index (χ0n) is 21.6. The molecule has 1 aliphatic rings. The largest absolute Gasteiger partial charge is 0.466 e. The van der Waals surface area contributed by atoms with E-state index in [0.29, 0.717) is 76.8 Å². The smallest absolute Gasteiger partial charge is 0.309 e. The molecule has 0 spiro atoms. The van der Waals surface area contributed by atoms with Gasteiger partial charge in [0.05, 0.1) is 34.8 Å². The number of anilines is 2. The fraction of sp³-hybridized carbons (Fsp3) is 0.310. The van der Waals surface area contributed by atoms with Crippen LogP contribution in [-0.4, -0.2) is 40.6 Å². The van der Waals surface area contributed by atoms with Crippen molar-refractivity contribution in [2.45, 2.75) is 32.7 Å². The Morgan fingerprint density at radius 1 is 1.10 bits per heavy atom. The highest BCUT2D eigenvalue weighted by molar-refractivity contribution is 6.34. The number of hydrogen-bond donors (Lipinski definition) is 1. The van der Waals surface area contributed by atoms with E-state index in [2.05, 4.69) is 20.3 Å². The quantitative estimate of drug-likeness (QED) is 0.260. The second kappa shape index (κ2) is 11.5. The molecule has 0 saturated carbocycles. The summed E-state index contributed by atoms with van der Waals surface area (Å²) in [5.74, 6) is -0.561. The normalized spacial score (nSPS) is 14.8. The molecule has 2 aromatic carbocycles. The number of nitrogens with one attached hydrogen (secondary N) is 1. The van der Waals surface area contributed by atoms with Gasteiger partial charge in [0, 0.05) is 59.8 Å². The predicted octanol–water partition coefficient (Wildman–Crippen LogP) is 6.58. The summed E-state index contributed by atoms with van der Waals surface area (Å²) in [5.41, 5.74) is 2.20. The molecular formula is C29H28ClF2N5O2. The van der Waals surface area contributed by atoms with Crippen LogP contribution in [-0.2, 0) is 9.53 Å². The SMILES string of the molecule is CCOC(=O)C1CCN(c2ncc(-c3cc4c(NC(C)c5ccccc5F)c(Cl)cnc4cc3F)cn2)CC1. The molecule has 1 atom stereocenters. The lowest BCUT2D eigenvalue weighted by Gasteiger charge is -2.30. The van der Waals surface area contributed by atoms with Crippen molar-refractivity contribution in [3.8, 4) is 11.1 Å². The van der Waals surface area contributed by atoms with Gasteiger partial charge in [-0.3, -0.25) is 9.78 Å². The molecule has 0 bridgehead atoms. The molecule has 5 rings (SSSR count). The Morgan fingerprint density at radius 3 is 2.51 bits per heavy atom. The first kappa shape index (κ1) is 26.7. The van der Waals surface area contributed by atoms with Crippen LogP contribution in [0.3, 0.4) is 0 Å². The van der Waals surface area contributed by atoms with E-state index in [1.807, 2.05) is 11.8 Å². The van der Waals surface area contributed by atoms with Gasteiger partial charge >= 0.3 is 5.97 Å². The number of nitrogens with zero attached hydrogens (tertiary/aromatic N) is 4. The van der Waals surface area contributed by atoms with Gasteiger partial charge in [0.15, 0.2) is 0 Å². The molecule has 3 heterocycles. The number of aromatic nitrogens is 3. The van der Waals surface area contributed by atoms with Crippen molar-refractivity contribution in [2.75, 3.05) is 29.9 Å². The van der Waals surface area contributed by atoms with Gasteiger partial charge in [-0.1, -0.05) is 29.8 Å². The molecule has 202 valence electrons. The second-order valence-electron chi connectivity index (χ2n) is 9.50. The number of fused-ring (bicyclic) bond motifs is 1. The number of ether oxygens (including phenoxy) is 1. The summed E-state index contributed by atoms with van der Waals surface area (Å²) in [4.78, 5) is 27.3. The van der Waals surface area contributed by atoms with Crippen LogP contribution in [0, 0.1) is 17.6 Å². The number of hydrogen-bond acceptors (Lipinski definition) is 7. The zero-order valence-corrected chi connectivity index (χ0v) is 22.4. The lowest BCUT2D eigenvalue weighted by atomic mass is 9.97. The fourth-order valence-corrected chi connectivity index (χ4v) is 5.08. The Kier molecular flexibility index (Phi) is 7.88. The van der Waals surface area contributed by atoms with Crippen molar-refractivity contribution in [3.05, 3.63) is 77.2 Å². The van der Waals surface area contributed by atoms with Crippen LogP contribution in [0.25, 0.3) is 22.0 Å². The van der Waals surface area contributed by atoms with Gasteiger partial charge in [-0.15, -0.1) is 0 Å². The van der Waals surface area contributed by atoms with E-state index in [0.717, 1.165) is 0 Å². The van der Waals surface area contributed by atoms with Crippen molar-refractivity contribution >= 4 is 40.1 Å². The van der Waals surface area contributed by atoms with E-state index in [1.54, 1.807) is 43.6 Å². The maximum absolute atomic E-state index is 15.2. The van der Waals surface area contributed by atoms with Gasteiger partial charge in [-0.05, 0) is 38.8 Å². The summed E-state index contributed by atoms with van der Waals surface area (Å²) in [6.45, 7) is 5.27. The van der Waals surface area contributed by atoms with E-state index >= 15 is 4.39 Å². The van der Waals surface area contributed by atoms with Gasteiger partial charge in [-0.2, -0.15) is 0 Å². The van der Waals surface area contributed by atoms with Crippen molar-refractivity contribution in [1.82, 2.24) is 15.0 Å². The number of carbonyl (C=O) groups excluding carboxylic acids is 1. The van der Waals surface area contributed by atoms with E-state index < -0.39 is 11.9 Å². The Bertz CT molecular complexity index is 1490. The van der Waals surface area contributed by atoms with Crippen LogP contribution in [0.2, 0.25) is 5.02 Å². The molecular weight excluding hydrogens is 524 g/mol. The fourth-order valence-electron chi connectivity index (χ4n) is 4.88. The van der Waals surface area contributed by atoms with Crippen LogP contribution in [0.15, 0.2) is 55.0 Å². The third-order valence-electron chi connectivity index (χ3n) is 6.99. The van der Waals surface area contributed by atoms with Gasteiger partial charge in [0.25, 0.3) is 0 Å². The topological polar surface area (TPSA) is 80.2 Å². The molecule has 0 radical (unpaired) electrons. The molecule has 1 N–H and O–H groups in total. The van der Waals surface area contributed by atoms with Gasteiger partial charge < -0.3 is 15.0 Å². The summed E-state index contributed by atoms with van der Waals surface area (Å²) < 4.78 is 34.7. The molecule has 10 heteroatoms. The third kappa shape index (κ3) is 5.63. The number of benzene rings is 2. The Labute approximate surface area is 230 Å². The highest BCUT2D eigenvalue weighted by atomic mass is 35.5. The first-order valence-corrected chi connectivity index (χ1v) is 13.3. The molecule has 2 aromatic heterocycles. The van der Waals surface area contributed by atoms with Crippen molar-refractivity contribution in [2.24, 2.45) is 5.92 Å². The minimum absolute atomic E-state index is 0.114. The Balaban J connectivity index is 1.40. The van der Waals surface area contributed by atoms with Crippen molar-refractivity contribution < 1.29 is 18.3 Å². The average Bonchev–Trinajstić information content (AvgIpc) is 2.95. The van der Waals surface area contributed by atoms with E-state index in [9.17, 15) is 9.18 Å². The number of piperidine rings is 1. The van der Waals surface area contributed by atoms with E-state index in [4.69, 9.17) is 16.3 Å². The molecule has 39 heavy (non-hydrogen) atoms. The van der Waals surface area contributed by atoms with Crippen molar-refractivity contribution in [1.29, 1.82) is 0 Å². The minimum atomic E-state index is -0.475. The van der Waals surface area contributed by atoms with Crippen LogP contribution < -0.4 is 10.2 Å². The molecule has 1 fully saturated rings. The highest BCUT2D eigenvalue weighted by Gasteiger charge is 2.27. The molecule has 1 aliphatic heterocycles. The molecule has 7 nitrogen and oxygen atoms in total. The standard InChI is InChI=1S/C29H28ClF2N5O2/c1-3-39-28(38)18-8-10-37(11-9-18)29-34-14-19(15-35-29)21-12-22-26(13-25(21)32)33-16-23(30)27(22)36-17(2)20-6-4-5-7-24(20)31/h4-7,12-18H,3,8-11H2,1-2H3,(H,33,36). The monoisotopic (exact) mass is 551 g/mol. The number of halogens is 3. The van der Waals surface area contributed by atoms with E-state index in [-0.39, 0.29) is 17.7 Å². The lowest BCUT2D eigenvalue weighted by Crippen LogP contribution is -2.37. The highest BCUT2D eigenvalue weighted by Crippen LogP contribution is 2.36. The Morgan fingerprint density at radius 2 is 1.82 bits per heavy atom. The van der Waals surface area contributed by atoms with Crippen LogP contribution in [0.1, 0.15) is 38.3 Å². The maximum atomic E-state index is 15.2. The van der Waals surface area contributed by atoms with Crippen LogP contribution >= 0.6 is 11.6 Å². The number of rotatable bonds is 7. The summed E-state index contributed by atoms with van der Waals surface area (Å²) in [5, 5.41) is 4.20. The molecule has 1 unspecified atom stereocenters. The van der Waals surface area contributed by atoms with Crippen LogP contribution in [0.5, 0.6) is 0 Å². The summed E-state index contributed by atoms with van der Waals surface area (Å²) in [6.07, 6.45) is 5.94. The second-order valence-corrected chi connectivity index (χ2v) is 9.91. The Hall–Kier alpha value is -3.85. The third-order valence-corrected chi connectivity index (χ3v) is 7.28. The first-order chi connectivity index (χ1) is 18.9. The predicted molar refractivity (Wildman–Crippen MR) is 148 cm³/mol. The summed E-state index contributed by atoms with van der Waals surface area (Å²) in [7, 11) is 0. The zero-order chi connectivity index (χ0) is 27.5. The van der Waals surface area contributed by atoms with E-state index in [1.165, 1.54) is 18.3 Å². The number of pyridine rings is 1. The maximum Gasteiger partial charge on any atom is 0.309 e. The number of esters is 1. The summed E-state index contributed by atoms with van der Waals surface area (Å²) >= 11 is 6.50. The van der Waals surface area contributed by atoms with Gasteiger partial charge in [0.2, 0.25) is 5.95 Å². The van der Waals surface area contributed by atoms with Gasteiger partial charge in [-0.25, -0.2) is 18.7 Å². The summed E-state index contributed by atoms with van der Waals surface area (Å²) in [6, 6.07) is 9.10. The first-order valence-electron chi connectivity index (χ1n) is 12.9. The molecule has 0 aliphatic carbocycles. The average molecular weight is 552 g/mol. The minimum Gasteiger partial charge on any atom is -0.466 e. The van der Waals surface area contributed by atoms with Crippen molar-refractivity contribution in [3.63, 3.8) is 0 Å². The molecule has 4 aromatic rings. The molecule has 1 saturated heterocycles. The molecule has 0 amide bonds. The van der Waals surface area contributed by atoms with Gasteiger partial charge in [0.1, 0.15) is 11.6 Å².